The van der Waals surface area contributed by atoms with Crippen LogP contribution in [0.1, 0.15) is 25.8 Å². The number of aliphatic imine (C=N–C) groups is 1. The highest BCUT2D eigenvalue weighted by atomic mass is 35.5. The molecule has 2 heterocycles. The molecule has 2 aromatic rings. The number of cyclic esters (lactones) is 1. The van der Waals surface area contributed by atoms with Gasteiger partial charge in [-0.2, -0.15) is 0 Å². The number of anilines is 1. The fourth-order valence-electron chi connectivity index (χ4n) is 3.91. The van der Waals surface area contributed by atoms with Crippen LogP contribution in [0.25, 0.3) is 0 Å². The fourth-order valence-corrected chi connectivity index (χ4v) is 4.03. The van der Waals surface area contributed by atoms with Crippen molar-refractivity contribution in [3.63, 3.8) is 0 Å². The van der Waals surface area contributed by atoms with Crippen LogP contribution in [0, 0.1) is 11.8 Å². The number of benzene rings is 2. The first kappa shape index (κ1) is 21.1. The van der Waals surface area contributed by atoms with E-state index in [1.165, 1.54) is 0 Å². The fraction of sp³-hybridized carbons (Fsp3) is 0.304. The molecule has 2 aliphatic rings. The minimum absolute atomic E-state index is 0.143. The summed E-state index contributed by atoms with van der Waals surface area (Å²) in [6.45, 7) is 3.65. The Kier molecular flexibility index (Phi) is 5.31. The van der Waals surface area contributed by atoms with Gasteiger partial charge >= 0.3 is 5.97 Å². The van der Waals surface area contributed by atoms with Crippen LogP contribution in [0.15, 0.2) is 53.5 Å². The Morgan fingerprint density at radius 2 is 1.74 bits per heavy atom. The van der Waals surface area contributed by atoms with E-state index in [4.69, 9.17) is 21.1 Å². The lowest BCUT2D eigenvalue weighted by atomic mass is 9.87. The third-order valence-corrected chi connectivity index (χ3v) is 5.75. The molecule has 0 radical (unpaired) electrons. The number of rotatable bonds is 5. The van der Waals surface area contributed by atoms with Crippen molar-refractivity contribution in [3.8, 4) is 5.75 Å². The summed E-state index contributed by atoms with van der Waals surface area (Å²) in [5, 5.41) is 0.491. The first-order valence-electron chi connectivity index (χ1n) is 9.87. The second-order valence-electron chi connectivity index (χ2n) is 7.77. The minimum atomic E-state index is -1.61. The van der Waals surface area contributed by atoms with Crippen LogP contribution < -0.4 is 9.64 Å². The lowest BCUT2D eigenvalue weighted by molar-refractivity contribution is -0.156. The van der Waals surface area contributed by atoms with Gasteiger partial charge in [-0.05, 0) is 48.5 Å². The lowest BCUT2D eigenvalue weighted by Crippen LogP contribution is -2.40. The molecule has 2 amide bonds. The zero-order valence-corrected chi connectivity index (χ0v) is 18.1. The number of amides is 2. The molecule has 2 aliphatic heterocycles. The van der Waals surface area contributed by atoms with E-state index >= 15 is 0 Å². The van der Waals surface area contributed by atoms with Gasteiger partial charge in [0.1, 0.15) is 17.4 Å². The second-order valence-corrected chi connectivity index (χ2v) is 8.20. The van der Waals surface area contributed by atoms with Gasteiger partial charge in [0.25, 0.3) is 0 Å². The van der Waals surface area contributed by atoms with E-state index in [0.29, 0.717) is 22.0 Å². The quantitative estimate of drug-likeness (QED) is 0.522. The van der Waals surface area contributed by atoms with Crippen molar-refractivity contribution < 1.29 is 23.9 Å². The van der Waals surface area contributed by atoms with Gasteiger partial charge in [-0.15, -0.1) is 0 Å². The number of carbonyl (C=O) groups is 3. The third-order valence-electron chi connectivity index (χ3n) is 5.50. The van der Waals surface area contributed by atoms with Crippen molar-refractivity contribution in [1.82, 2.24) is 0 Å². The molecule has 0 saturated carbocycles. The Balaban J connectivity index is 1.81. The van der Waals surface area contributed by atoms with Crippen LogP contribution in [0.4, 0.5) is 5.69 Å². The summed E-state index contributed by atoms with van der Waals surface area (Å²) < 4.78 is 11.0. The van der Waals surface area contributed by atoms with Gasteiger partial charge in [-0.3, -0.25) is 14.5 Å². The first-order valence-corrected chi connectivity index (χ1v) is 10.2. The molecule has 7 nitrogen and oxygen atoms in total. The summed E-state index contributed by atoms with van der Waals surface area (Å²) in [7, 11) is 1.54. The maximum atomic E-state index is 13.5. The molecular weight excluding hydrogens is 420 g/mol. The van der Waals surface area contributed by atoms with Crippen molar-refractivity contribution in [1.29, 1.82) is 0 Å². The molecular formula is C23H21ClN2O5. The number of esters is 1. The van der Waals surface area contributed by atoms with E-state index in [-0.39, 0.29) is 18.1 Å². The highest BCUT2D eigenvalue weighted by molar-refractivity contribution is 6.38. The molecule has 2 aromatic carbocycles. The van der Waals surface area contributed by atoms with Gasteiger partial charge in [0.15, 0.2) is 0 Å². The highest BCUT2D eigenvalue weighted by Crippen LogP contribution is 2.46. The molecule has 0 spiro atoms. The summed E-state index contributed by atoms with van der Waals surface area (Å²) in [5.74, 6) is -2.06. The summed E-state index contributed by atoms with van der Waals surface area (Å²) in [5.41, 5.74) is -0.469. The van der Waals surface area contributed by atoms with Gasteiger partial charge in [-0.1, -0.05) is 25.4 Å². The molecule has 1 saturated heterocycles. The van der Waals surface area contributed by atoms with Crippen LogP contribution in [0.3, 0.4) is 0 Å². The topological polar surface area (TPSA) is 85.3 Å². The Morgan fingerprint density at radius 1 is 1.10 bits per heavy atom. The van der Waals surface area contributed by atoms with E-state index in [1.54, 1.807) is 55.6 Å². The summed E-state index contributed by atoms with van der Waals surface area (Å²) in [6, 6.07) is 13.2. The zero-order valence-electron chi connectivity index (χ0n) is 17.3. The van der Waals surface area contributed by atoms with E-state index in [1.807, 2.05) is 13.8 Å². The van der Waals surface area contributed by atoms with Crippen LogP contribution in [0.5, 0.6) is 5.75 Å². The third kappa shape index (κ3) is 3.49. The van der Waals surface area contributed by atoms with E-state index in [9.17, 15) is 14.4 Å². The number of hydrogen-bond donors (Lipinski definition) is 0. The molecule has 0 N–H and O–H groups in total. The summed E-state index contributed by atoms with van der Waals surface area (Å²) >= 11 is 5.94. The highest BCUT2D eigenvalue weighted by Gasteiger charge is 2.58. The number of nitrogens with zero attached hydrogens (tertiary/aromatic N) is 2. The Morgan fingerprint density at radius 3 is 2.29 bits per heavy atom. The second kappa shape index (κ2) is 7.81. The normalized spacial score (nSPS) is 23.4. The molecule has 160 valence electrons. The smallest absolute Gasteiger partial charge is 0.355 e. The molecule has 8 heteroatoms. The van der Waals surface area contributed by atoms with E-state index in [2.05, 4.69) is 4.99 Å². The van der Waals surface area contributed by atoms with Gasteiger partial charge in [0, 0.05) is 22.9 Å². The number of methoxy groups -OCH3 is 1. The van der Waals surface area contributed by atoms with Crippen molar-refractivity contribution in [2.75, 3.05) is 12.0 Å². The van der Waals surface area contributed by atoms with Gasteiger partial charge in [0.2, 0.25) is 17.5 Å². The Bertz CT molecular complexity index is 1080. The predicted molar refractivity (Wildman–Crippen MR) is 115 cm³/mol. The average Bonchev–Trinajstić information content (AvgIpc) is 3.26. The van der Waals surface area contributed by atoms with Gasteiger partial charge in [-0.25, -0.2) is 9.79 Å². The first-order chi connectivity index (χ1) is 14.8. The van der Waals surface area contributed by atoms with E-state index < -0.39 is 29.4 Å². The number of ether oxygens (including phenoxy) is 2. The number of hydrogen-bond acceptors (Lipinski definition) is 6. The SMILES string of the molecule is COc1ccc(C2(C3CC(=O)N(c4ccc(Cl)cc4)C3=O)N=C(C(C)C)C(=O)O2)cc1. The minimum Gasteiger partial charge on any atom is -0.497 e. The molecule has 0 aliphatic carbocycles. The van der Waals surface area contributed by atoms with E-state index in [0.717, 1.165) is 4.90 Å². The van der Waals surface area contributed by atoms with Crippen LogP contribution >= 0.6 is 11.6 Å². The summed E-state index contributed by atoms with van der Waals surface area (Å²) in [4.78, 5) is 44.7. The molecule has 0 aromatic heterocycles. The van der Waals surface area contributed by atoms with Gasteiger partial charge in [0.05, 0.1) is 12.8 Å². The maximum absolute atomic E-state index is 13.5. The molecule has 2 atom stereocenters. The summed E-state index contributed by atoms with van der Waals surface area (Å²) in [6.07, 6.45) is -0.143. The monoisotopic (exact) mass is 440 g/mol. The maximum Gasteiger partial charge on any atom is 0.355 e. The molecule has 4 rings (SSSR count). The van der Waals surface area contributed by atoms with Gasteiger partial charge < -0.3 is 9.47 Å². The molecule has 2 unspecified atom stereocenters. The predicted octanol–water partition coefficient (Wildman–Crippen LogP) is 3.73. The number of carbonyl (C=O) groups excluding carboxylic acids is 3. The van der Waals surface area contributed by atoms with Crippen molar-refractivity contribution in [2.24, 2.45) is 16.8 Å². The Labute approximate surface area is 184 Å². The van der Waals surface area contributed by atoms with Crippen LogP contribution in [-0.4, -0.2) is 30.6 Å². The molecule has 1 fully saturated rings. The largest absolute Gasteiger partial charge is 0.497 e. The van der Waals surface area contributed by atoms with Crippen LogP contribution in [-0.2, 0) is 24.8 Å². The molecule has 0 bridgehead atoms. The lowest BCUT2D eigenvalue weighted by Gasteiger charge is -2.30. The van der Waals surface area contributed by atoms with Crippen LogP contribution in [0.2, 0.25) is 5.02 Å². The standard InChI is InChI=1S/C23H21ClN2O5/c1-13(2)20-22(29)31-23(25-20,14-4-10-17(30-3)11-5-14)18-12-19(27)26(21(18)28)16-8-6-15(24)7-9-16/h4-11,13,18H,12H2,1-3H3. The average molecular weight is 441 g/mol. The van der Waals surface area contributed by atoms with Crippen molar-refractivity contribution >= 4 is 40.8 Å². The Hall–Kier alpha value is -3.19. The van der Waals surface area contributed by atoms with Crippen molar-refractivity contribution in [3.05, 3.63) is 59.1 Å². The number of halogens is 1. The number of imide groups is 1. The zero-order chi connectivity index (χ0) is 22.3. The van der Waals surface area contributed by atoms with Crippen molar-refractivity contribution in [2.45, 2.75) is 26.0 Å². The molecule has 31 heavy (non-hydrogen) atoms.